The van der Waals surface area contributed by atoms with Crippen LogP contribution in [-0.4, -0.2) is 59.4 Å². The summed E-state index contributed by atoms with van der Waals surface area (Å²) in [6.07, 6.45) is -3.00. The number of carbonyl (C=O) groups excluding carboxylic acids is 2. The summed E-state index contributed by atoms with van der Waals surface area (Å²) < 4.78 is 26.3. The van der Waals surface area contributed by atoms with E-state index in [2.05, 4.69) is 0 Å². The van der Waals surface area contributed by atoms with Gasteiger partial charge in [-0.25, -0.2) is 9.59 Å². The van der Waals surface area contributed by atoms with Crippen LogP contribution in [0.5, 0.6) is 0 Å². The van der Waals surface area contributed by atoms with E-state index in [1.54, 1.807) is 60.7 Å². The summed E-state index contributed by atoms with van der Waals surface area (Å²) in [6, 6.07) is 16.5. The van der Waals surface area contributed by atoms with E-state index < -0.39 is 46.2 Å². The fraction of sp³-hybridized carbons (Fsp3) is 0.400. The normalized spacial score (nSPS) is 21.6. The molecule has 1 saturated heterocycles. The average molecular weight is 559 g/mol. The molecule has 194 valence electrons. The van der Waals surface area contributed by atoms with Crippen LogP contribution in [0.15, 0.2) is 60.7 Å². The van der Waals surface area contributed by atoms with Gasteiger partial charge in [0, 0.05) is 6.61 Å². The molecule has 8 nitrogen and oxygen atoms in total. The minimum absolute atomic E-state index is 0.00703. The maximum absolute atomic E-state index is 12.9. The zero-order valence-corrected chi connectivity index (χ0v) is 21.7. The Kier molecular flexibility index (Phi) is 10.4. The fourth-order valence-electron chi connectivity index (χ4n) is 3.35. The van der Waals surface area contributed by atoms with E-state index in [0.717, 1.165) is 12.8 Å². The van der Waals surface area contributed by atoms with Crippen molar-refractivity contribution < 1.29 is 33.3 Å². The number of ether oxygens (including phenoxy) is 5. The van der Waals surface area contributed by atoms with Crippen molar-refractivity contribution in [1.29, 1.82) is 5.41 Å². The van der Waals surface area contributed by atoms with Crippen LogP contribution in [0, 0.1) is 5.41 Å². The van der Waals surface area contributed by atoms with Crippen LogP contribution < -0.4 is 0 Å². The molecule has 0 bridgehead atoms. The molecule has 0 spiro atoms. The van der Waals surface area contributed by atoms with E-state index >= 15 is 0 Å². The van der Waals surface area contributed by atoms with Gasteiger partial charge in [-0.3, -0.25) is 5.41 Å². The molecular formula is C25H26Cl3NO7. The first-order valence-electron chi connectivity index (χ1n) is 11.3. The molecule has 36 heavy (non-hydrogen) atoms. The number of carbonyl (C=O) groups is 2. The molecule has 4 atom stereocenters. The van der Waals surface area contributed by atoms with Crippen molar-refractivity contribution in [2.24, 2.45) is 0 Å². The number of rotatable bonds is 10. The van der Waals surface area contributed by atoms with Gasteiger partial charge in [-0.2, -0.15) is 0 Å². The Morgan fingerprint density at radius 1 is 0.889 bits per heavy atom. The smallest absolute Gasteiger partial charge is 0.338 e. The van der Waals surface area contributed by atoms with Gasteiger partial charge in [0.2, 0.25) is 18.3 Å². The lowest BCUT2D eigenvalue weighted by Crippen LogP contribution is -2.43. The van der Waals surface area contributed by atoms with Gasteiger partial charge in [0.1, 0.15) is 6.10 Å². The van der Waals surface area contributed by atoms with Gasteiger partial charge in [0.05, 0.1) is 17.7 Å². The van der Waals surface area contributed by atoms with E-state index in [9.17, 15) is 9.59 Å². The molecular weight excluding hydrogens is 533 g/mol. The lowest BCUT2D eigenvalue weighted by atomic mass is 10.1. The van der Waals surface area contributed by atoms with Crippen molar-refractivity contribution >= 4 is 52.6 Å². The van der Waals surface area contributed by atoms with Crippen LogP contribution in [0.2, 0.25) is 0 Å². The Labute approximate surface area is 224 Å². The highest BCUT2D eigenvalue weighted by molar-refractivity contribution is 6.76. The molecule has 2 aromatic rings. The molecule has 1 heterocycles. The number of hydrogen-bond acceptors (Lipinski definition) is 8. The molecule has 2 aromatic carbocycles. The van der Waals surface area contributed by atoms with E-state index in [-0.39, 0.29) is 17.7 Å². The average Bonchev–Trinajstić information content (AvgIpc) is 3.17. The third-order valence-corrected chi connectivity index (χ3v) is 5.70. The first-order valence-corrected chi connectivity index (χ1v) is 12.4. The van der Waals surface area contributed by atoms with E-state index in [1.807, 2.05) is 6.92 Å². The van der Waals surface area contributed by atoms with Crippen LogP contribution in [-0.2, 0) is 23.7 Å². The van der Waals surface area contributed by atoms with Gasteiger partial charge in [0.15, 0.2) is 6.10 Å². The number of halogens is 3. The topological polar surface area (TPSA) is 104 Å². The molecule has 0 aromatic heterocycles. The van der Waals surface area contributed by atoms with Gasteiger partial charge >= 0.3 is 11.9 Å². The lowest BCUT2D eigenvalue weighted by Gasteiger charge is -2.25. The number of esters is 2. The first-order chi connectivity index (χ1) is 17.2. The Balaban J connectivity index is 1.88. The SMILES string of the molecule is CCCCOC[C@H]1O[C@@H](OC(=N)C(Cl)(Cl)Cl)[C@@H](OC(=O)c2ccccc2)C1OC(=O)c1ccccc1. The van der Waals surface area contributed by atoms with Crippen LogP contribution >= 0.6 is 34.8 Å². The molecule has 1 fully saturated rings. The van der Waals surface area contributed by atoms with Crippen molar-refractivity contribution in [3.05, 3.63) is 71.8 Å². The van der Waals surface area contributed by atoms with Crippen LogP contribution in [0.1, 0.15) is 40.5 Å². The van der Waals surface area contributed by atoms with Crippen molar-refractivity contribution in [3.63, 3.8) is 0 Å². The maximum atomic E-state index is 12.9. The van der Waals surface area contributed by atoms with Gasteiger partial charge in [-0.05, 0) is 30.7 Å². The summed E-state index contributed by atoms with van der Waals surface area (Å²) in [5.41, 5.74) is 0.540. The molecule has 1 aliphatic rings. The second-order valence-electron chi connectivity index (χ2n) is 7.89. The third-order valence-electron chi connectivity index (χ3n) is 5.19. The maximum Gasteiger partial charge on any atom is 0.338 e. The molecule has 1 aliphatic heterocycles. The Bertz CT molecular complexity index is 1020. The number of hydrogen-bond donors (Lipinski definition) is 1. The van der Waals surface area contributed by atoms with Crippen LogP contribution in [0.4, 0.5) is 0 Å². The van der Waals surface area contributed by atoms with Crippen LogP contribution in [0.25, 0.3) is 0 Å². The quantitative estimate of drug-likeness (QED) is 0.138. The molecule has 0 radical (unpaired) electrons. The first kappa shape index (κ1) is 28.2. The highest BCUT2D eigenvalue weighted by Gasteiger charge is 2.52. The fourth-order valence-corrected chi connectivity index (χ4v) is 3.48. The number of alkyl halides is 3. The predicted octanol–water partition coefficient (Wildman–Crippen LogP) is 5.34. The zero-order chi connectivity index (χ0) is 26.1. The highest BCUT2D eigenvalue weighted by Crippen LogP contribution is 2.34. The Hall–Kier alpha value is -2.36. The van der Waals surface area contributed by atoms with E-state index in [4.69, 9.17) is 63.9 Å². The van der Waals surface area contributed by atoms with Gasteiger partial charge in [-0.1, -0.05) is 84.5 Å². The summed E-state index contributed by atoms with van der Waals surface area (Å²) >= 11 is 17.3. The van der Waals surface area contributed by atoms with Gasteiger partial charge in [-0.15, -0.1) is 0 Å². The van der Waals surface area contributed by atoms with Crippen molar-refractivity contribution in [3.8, 4) is 0 Å². The van der Waals surface area contributed by atoms with Gasteiger partial charge in [0.25, 0.3) is 3.79 Å². The lowest BCUT2D eigenvalue weighted by molar-refractivity contribution is -0.131. The Morgan fingerprint density at radius 2 is 1.42 bits per heavy atom. The molecule has 11 heteroatoms. The van der Waals surface area contributed by atoms with Crippen molar-refractivity contribution in [2.75, 3.05) is 13.2 Å². The van der Waals surface area contributed by atoms with Crippen molar-refractivity contribution in [2.45, 2.75) is 48.2 Å². The third kappa shape index (κ3) is 7.82. The molecule has 1 unspecified atom stereocenters. The number of benzene rings is 2. The summed E-state index contributed by atoms with van der Waals surface area (Å²) in [4.78, 5) is 25.8. The van der Waals surface area contributed by atoms with Gasteiger partial charge < -0.3 is 23.7 Å². The van der Waals surface area contributed by atoms with Crippen molar-refractivity contribution in [1.82, 2.24) is 0 Å². The monoisotopic (exact) mass is 557 g/mol. The molecule has 3 rings (SSSR count). The summed E-state index contributed by atoms with van der Waals surface area (Å²) in [5.74, 6) is -2.13. The zero-order valence-electron chi connectivity index (χ0n) is 19.4. The number of unbranched alkanes of at least 4 members (excludes halogenated alkanes) is 1. The number of nitrogens with one attached hydrogen (secondary N) is 1. The highest BCUT2D eigenvalue weighted by atomic mass is 35.6. The second-order valence-corrected chi connectivity index (χ2v) is 10.2. The van der Waals surface area contributed by atoms with E-state index in [0.29, 0.717) is 6.61 Å². The van der Waals surface area contributed by atoms with E-state index in [1.165, 1.54) is 0 Å². The summed E-state index contributed by atoms with van der Waals surface area (Å²) in [5, 5.41) is 7.96. The molecule has 0 amide bonds. The summed E-state index contributed by atoms with van der Waals surface area (Å²) in [6.45, 7) is 2.47. The minimum Gasteiger partial charge on any atom is -0.452 e. The molecule has 0 saturated carbocycles. The largest absolute Gasteiger partial charge is 0.452 e. The Morgan fingerprint density at radius 3 is 1.92 bits per heavy atom. The minimum atomic E-state index is -2.19. The molecule has 0 aliphatic carbocycles. The molecule has 1 N–H and O–H groups in total. The van der Waals surface area contributed by atoms with Crippen LogP contribution in [0.3, 0.4) is 0 Å². The standard InChI is InChI=1S/C25H26Cl3NO7/c1-2-3-14-32-15-18-19(34-21(30)16-10-6-4-7-11-16)20(23(33-18)36-24(29)25(26,27)28)35-22(31)17-12-8-5-9-13-17/h4-13,18-20,23,29H,2-3,14-15H2,1H3/t18-,19?,20+,23+/m1/s1. The summed E-state index contributed by atoms with van der Waals surface area (Å²) in [7, 11) is 0. The second kappa shape index (κ2) is 13.3. The predicted molar refractivity (Wildman–Crippen MR) is 135 cm³/mol.